The summed E-state index contributed by atoms with van der Waals surface area (Å²) in [4.78, 5) is 17.3. The molecule has 0 fully saturated rings. The molecular formula is C23H17N5O. The number of nitrogens with one attached hydrogen (secondary N) is 3. The van der Waals surface area contributed by atoms with Crippen LogP contribution in [0.15, 0.2) is 78.8 Å². The lowest BCUT2D eigenvalue weighted by molar-refractivity contribution is 0.102. The summed E-state index contributed by atoms with van der Waals surface area (Å²) in [5, 5.41) is 14.3. The minimum Gasteiger partial charge on any atom is -0.347 e. The maximum atomic E-state index is 13.0. The predicted molar refractivity (Wildman–Crippen MR) is 114 cm³/mol. The second kappa shape index (κ2) is 7.11. The number of amides is 1. The summed E-state index contributed by atoms with van der Waals surface area (Å²) in [6.07, 6.45) is 6.03. The molecule has 6 heteroatoms. The van der Waals surface area contributed by atoms with Gasteiger partial charge in [0.2, 0.25) is 0 Å². The second-order valence-corrected chi connectivity index (χ2v) is 6.70. The Bertz CT molecular complexity index is 1290. The molecule has 2 aromatic heterocycles. The molecule has 6 nitrogen and oxygen atoms in total. The largest absolute Gasteiger partial charge is 0.347 e. The van der Waals surface area contributed by atoms with E-state index >= 15 is 0 Å². The number of allylic oxidation sites excluding steroid dienone is 1. The molecule has 3 N–H and O–H groups in total. The lowest BCUT2D eigenvalue weighted by Crippen LogP contribution is -2.14. The van der Waals surface area contributed by atoms with E-state index < -0.39 is 0 Å². The number of benzene rings is 2. The number of fused-ring (bicyclic) bond motifs is 2. The van der Waals surface area contributed by atoms with E-state index in [1.165, 1.54) is 5.56 Å². The molecule has 0 saturated carbocycles. The van der Waals surface area contributed by atoms with Crippen LogP contribution in [-0.4, -0.2) is 21.1 Å². The van der Waals surface area contributed by atoms with Crippen LogP contribution in [0.25, 0.3) is 16.6 Å². The van der Waals surface area contributed by atoms with Gasteiger partial charge >= 0.3 is 0 Å². The number of H-pyrrole nitrogens is 1. The molecule has 29 heavy (non-hydrogen) atoms. The summed E-state index contributed by atoms with van der Waals surface area (Å²) < 4.78 is 0. The quantitative estimate of drug-likeness (QED) is 0.462. The Morgan fingerprint density at radius 3 is 2.93 bits per heavy atom. The van der Waals surface area contributed by atoms with Crippen LogP contribution in [0, 0.1) is 0 Å². The monoisotopic (exact) mass is 379 g/mol. The van der Waals surface area contributed by atoms with E-state index in [9.17, 15) is 4.79 Å². The van der Waals surface area contributed by atoms with E-state index in [1.807, 2.05) is 48.5 Å². The van der Waals surface area contributed by atoms with Gasteiger partial charge in [-0.3, -0.25) is 14.9 Å². The first-order chi connectivity index (χ1) is 14.3. The fourth-order valence-corrected chi connectivity index (χ4v) is 3.44. The van der Waals surface area contributed by atoms with Crippen LogP contribution in [0.5, 0.6) is 0 Å². The first-order valence-electron chi connectivity index (χ1n) is 9.28. The molecule has 4 aromatic rings. The minimum absolute atomic E-state index is 0.240. The van der Waals surface area contributed by atoms with Gasteiger partial charge in [-0.1, -0.05) is 42.1 Å². The number of hydrogen-bond acceptors (Lipinski definition) is 4. The van der Waals surface area contributed by atoms with Gasteiger partial charge in [-0.2, -0.15) is 5.10 Å². The Kier molecular flexibility index (Phi) is 4.16. The summed E-state index contributed by atoms with van der Waals surface area (Å²) in [6.45, 7) is 0. The lowest BCUT2D eigenvalue weighted by atomic mass is 10.1. The summed E-state index contributed by atoms with van der Waals surface area (Å²) in [5.74, 6) is -0.240. The number of carbonyl (C=O) groups is 1. The highest BCUT2D eigenvalue weighted by molar-refractivity contribution is 6.12. The molecule has 0 aliphatic carbocycles. The summed E-state index contributed by atoms with van der Waals surface area (Å²) in [6, 6.07) is 17.4. The van der Waals surface area contributed by atoms with Crippen molar-refractivity contribution in [1.82, 2.24) is 15.2 Å². The number of para-hydroxylation sites is 2. The molecule has 1 amide bonds. The first kappa shape index (κ1) is 17.0. The molecule has 2 aromatic carbocycles. The van der Waals surface area contributed by atoms with Gasteiger partial charge in [-0.25, -0.2) is 0 Å². The molecule has 0 atom stereocenters. The van der Waals surface area contributed by atoms with Crippen molar-refractivity contribution in [3.8, 4) is 0 Å². The van der Waals surface area contributed by atoms with E-state index in [0.29, 0.717) is 22.5 Å². The highest BCUT2D eigenvalue weighted by Gasteiger charge is 2.17. The molecule has 1 aliphatic heterocycles. The molecular weight excluding hydrogens is 362 g/mol. The molecule has 1 aliphatic rings. The van der Waals surface area contributed by atoms with Crippen molar-refractivity contribution in [1.29, 1.82) is 0 Å². The Hall–Kier alpha value is -4.15. The maximum Gasteiger partial charge on any atom is 0.257 e. The van der Waals surface area contributed by atoms with E-state index in [2.05, 4.69) is 37.6 Å². The van der Waals surface area contributed by atoms with E-state index in [4.69, 9.17) is 0 Å². The molecule has 5 rings (SSSR count). The van der Waals surface area contributed by atoms with Crippen LogP contribution in [0.4, 0.5) is 11.4 Å². The number of rotatable bonds is 3. The number of aromatic amines is 1. The fourth-order valence-electron chi connectivity index (χ4n) is 3.44. The zero-order chi connectivity index (χ0) is 19.6. The maximum absolute atomic E-state index is 13.0. The summed E-state index contributed by atoms with van der Waals surface area (Å²) >= 11 is 0. The SMILES string of the molecule is O=C(Nc1cn[nH]c1C1=C=CCc2ccccc2N1)c1cccc2cccnc12. The Balaban J connectivity index is 1.47. The van der Waals surface area contributed by atoms with Crippen LogP contribution in [0.3, 0.4) is 0 Å². The van der Waals surface area contributed by atoms with E-state index in [1.54, 1.807) is 18.5 Å². The zero-order valence-electron chi connectivity index (χ0n) is 15.4. The van der Waals surface area contributed by atoms with Crippen molar-refractivity contribution in [2.45, 2.75) is 6.42 Å². The highest BCUT2D eigenvalue weighted by Crippen LogP contribution is 2.27. The van der Waals surface area contributed by atoms with Crippen molar-refractivity contribution in [3.05, 3.63) is 95.6 Å². The Morgan fingerprint density at radius 2 is 1.97 bits per heavy atom. The van der Waals surface area contributed by atoms with Crippen molar-refractivity contribution in [2.24, 2.45) is 0 Å². The van der Waals surface area contributed by atoms with Gasteiger partial charge in [0.05, 0.1) is 23.0 Å². The van der Waals surface area contributed by atoms with Gasteiger partial charge in [0, 0.05) is 23.7 Å². The number of pyridine rings is 1. The number of aromatic nitrogens is 3. The van der Waals surface area contributed by atoms with Crippen LogP contribution < -0.4 is 10.6 Å². The average molecular weight is 379 g/mol. The second-order valence-electron chi connectivity index (χ2n) is 6.70. The van der Waals surface area contributed by atoms with E-state index in [0.717, 1.165) is 23.2 Å². The fraction of sp³-hybridized carbons (Fsp3) is 0.0435. The average Bonchev–Trinajstić information content (AvgIpc) is 3.10. The van der Waals surface area contributed by atoms with Crippen molar-refractivity contribution in [2.75, 3.05) is 10.6 Å². The van der Waals surface area contributed by atoms with Gasteiger partial charge in [0.1, 0.15) is 11.4 Å². The van der Waals surface area contributed by atoms with Gasteiger partial charge in [0.15, 0.2) is 0 Å². The van der Waals surface area contributed by atoms with Gasteiger partial charge in [-0.05, 0) is 29.8 Å². The van der Waals surface area contributed by atoms with E-state index in [-0.39, 0.29) is 5.91 Å². The topological polar surface area (TPSA) is 82.7 Å². The Morgan fingerprint density at radius 1 is 1.07 bits per heavy atom. The molecule has 3 heterocycles. The van der Waals surface area contributed by atoms with Gasteiger partial charge in [-0.15, -0.1) is 0 Å². The van der Waals surface area contributed by atoms with Gasteiger partial charge in [0.25, 0.3) is 5.91 Å². The summed E-state index contributed by atoms with van der Waals surface area (Å²) in [5.41, 5.74) is 8.59. The highest BCUT2D eigenvalue weighted by atomic mass is 16.1. The molecule has 0 saturated heterocycles. The number of anilines is 2. The predicted octanol–water partition coefficient (Wildman–Crippen LogP) is 4.37. The lowest BCUT2D eigenvalue weighted by Gasteiger charge is -2.12. The smallest absolute Gasteiger partial charge is 0.257 e. The third-order valence-electron chi connectivity index (χ3n) is 4.86. The third kappa shape index (κ3) is 3.18. The first-order valence-corrected chi connectivity index (χ1v) is 9.28. The van der Waals surface area contributed by atoms with Crippen LogP contribution in [0.2, 0.25) is 0 Å². The number of nitrogens with zero attached hydrogens (tertiary/aromatic N) is 2. The number of carbonyl (C=O) groups excluding carboxylic acids is 1. The molecule has 0 spiro atoms. The minimum atomic E-state index is -0.240. The van der Waals surface area contributed by atoms with Crippen molar-refractivity contribution in [3.63, 3.8) is 0 Å². The normalized spacial score (nSPS) is 12.6. The standard InChI is InChI=1S/C23H17N5O/c29-23(17-10-3-8-16-9-5-13-24-21(16)17)27-20-14-25-28-22(20)19-12-4-7-15-6-1-2-11-18(15)26-19/h1-6,8-11,13-14,26H,7H2,(H,25,28)(H,27,29). The molecule has 140 valence electrons. The van der Waals surface area contributed by atoms with Gasteiger partial charge < -0.3 is 10.6 Å². The molecule has 0 radical (unpaired) electrons. The Labute approximate surface area is 167 Å². The van der Waals surface area contributed by atoms with Crippen LogP contribution in [-0.2, 0) is 6.42 Å². The van der Waals surface area contributed by atoms with Crippen LogP contribution in [0.1, 0.15) is 21.6 Å². The summed E-state index contributed by atoms with van der Waals surface area (Å²) in [7, 11) is 0. The molecule has 0 unspecified atom stereocenters. The van der Waals surface area contributed by atoms with Crippen LogP contribution >= 0.6 is 0 Å². The zero-order valence-corrected chi connectivity index (χ0v) is 15.4. The van der Waals surface area contributed by atoms with Crippen molar-refractivity contribution < 1.29 is 4.79 Å². The van der Waals surface area contributed by atoms with Crippen molar-refractivity contribution >= 4 is 33.9 Å². The number of hydrogen-bond donors (Lipinski definition) is 3. The third-order valence-corrected chi connectivity index (χ3v) is 4.86. The molecule has 0 bridgehead atoms.